The third-order valence-corrected chi connectivity index (χ3v) is 9.94. The van der Waals surface area contributed by atoms with Gasteiger partial charge in [-0.15, -0.1) is 0 Å². The molecular formula is C45H28N4. The van der Waals surface area contributed by atoms with E-state index in [1.165, 1.54) is 11.1 Å². The Bertz CT molecular complexity index is 2500. The van der Waals surface area contributed by atoms with Crippen molar-refractivity contribution in [1.82, 2.24) is 19.9 Å². The highest BCUT2D eigenvalue weighted by Crippen LogP contribution is 2.61. The zero-order valence-corrected chi connectivity index (χ0v) is 26.5. The average molecular weight is 625 g/mol. The van der Waals surface area contributed by atoms with E-state index in [2.05, 4.69) is 146 Å². The SMILES string of the molecule is c1ccc(-c2ccccc2-c2cnc3c(n2)-c2nc(-c4ccccc4)c(-c4ccccc4)nc2C32c3ccccc3-c3ccccc32)cc1. The van der Waals surface area contributed by atoms with Crippen LogP contribution < -0.4 is 0 Å². The molecule has 2 aliphatic rings. The highest BCUT2D eigenvalue weighted by atomic mass is 15.0. The molecule has 228 valence electrons. The molecule has 2 heterocycles. The van der Waals surface area contributed by atoms with Crippen molar-refractivity contribution in [2.24, 2.45) is 0 Å². The van der Waals surface area contributed by atoms with Crippen LogP contribution in [0.2, 0.25) is 0 Å². The van der Waals surface area contributed by atoms with E-state index in [9.17, 15) is 0 Å². The third-order valence-electron chi connectivity index (χ3n) is 9.94. The molecule has 0 N–H and O–H groups in total. The molecule has 8 aromatic rings. The Morgan fingerprint density at radius 2 is 0.776 bits per heavy atom. The predicted molar refractivity (Wildman–Crippen MR) is 196 cm³/mol. The summed E-state index contributed by atoms with van der Waals surface area (Å²) in [5, 5.41) is 0. The second-order valence-corrected chi connectivity index (χ2v) is 12.6. The maximum Gasteiger partial charge on any atom is 0.115 e. The molecule has 2 aliphatic carbocycles. The number of rotatable bonds is 4. The molecule has 4 nitrogen and oxygen atoms in total. The average Bonchev–Trinajstić information content (AvgIpc) is 3.65. The first-order valence-corrected chi connectivity index (χ1v) is 16.6. The molecule has 1 spiro atoms. The van der Waals surface area contributed by atoms with Gasteiger partial charge in [-0.3, -0.25) is 4.98 Å². The molecule has 0 atom stereocenters. The van der Waals surface area contributed by atoms with Crippen LogP contribution in [0.25, 0.3) is 67.4 Å². The van der Waals surface area contributed by atoms with Gasteiger partial charge in [0, 0.05) is 16.7 Å². The fraction of sp³-hybridized carbons (Fsp3) is 0.0222. The zero-order valence-electron chi connectivity index (χ0n) is 26.5. The van der Waals surface area contributed by atoms with Crippen LogP contribution in [0.5, 0.6) is 0 Å². The van der Waals surface area contributed by atoms with E-state index in [-0.39, 0.29) is 0 Å². The first kappa shape index (κ1) is 27.6. The Morgan fingerprint density at radius 3 is 1.37 bits per heavy atom. The molecule has 0 amide bonds. The Labute approximate surface area is 284 Å². The van der Waals surface area contributed by atoms with Gasteiger partial charge in [-0.05, 0) is 33.4 Å². The highest BCUT2D eigenvalue weighted by Gasteiger charge is 2.56. The molecule has 0 bridgehead atoms. The van der Waals surface area contributed by atoms with Crippen LogP contribution in [0.3, 0.4) is 0 Å². The van der Waals surface area contributed by atoms with Gasteiger partial charge in [0.1, 0.15) is 16.8 Å². The van der Waals surface area contributed by atoms with Gasteiger partial charge in [-0.25, -0.2) is 15.0 Å². The summed E-state index contributed by atoms with van der Waals surface area (Å²) in [5.74, 6) is 0. The number of hydrogen-bond acceptors (Lipinski definition) is 4. The van der Waals surface area contributed by atoms with Crippen LogP contribution in [0.1, 0.15) is 22.5 Å². The summed E-state index contributed by atoms with van der Waals surface area (Å²) in [5.41, 5.74) is 14.9. The normalized spacial score (nSPS) is 13.1. The summed E-state index contributed by atoms with van der Waals surface area (Å²) in [6, 6.07) is 56.9. The molecule has 0 aliphatic heterocycles. The van der Waals surface area contributed by atoms with Crippen molar-refractivity contribution in [1.29, 1.82) is 0 Å². The quantitative estimate of drug-likeness (QED) is 0.196. The molecule has 10 rings (SSSR count). The molecule has 4 heteroatoms. The van der Waals surface area contributed by atoms with Gasteiger partial charge in [0.15, 0.2) is 0 Å². The fourth-order valence-electron chi connectivity index (χ4n) is 7.85. The first-order chi connectivity index (χ1) is 24.3. The standard InChI is InChI=1S/C45H28N4/c1-4-16-29(17-5-1)32-22-10-11-25-35(32)38-28-46-43-41(47-38)42-44(45(43)36-26-14-12-23-33(36)34-24-13-15-27-37(34)45)49-40(31-20-8-3-9-21-31)39(48-42)30-18-6-2-7-19-30/h1-28H. The summed E-state index contributed by atoms with van der Waals surface area (Å²) in [6.45, 7) is 0. The smallest absolute Gasteiger partial charge is 0.115 e. The van der Waals surface area contributed by atoms with Crippen molar-refractivity contribution in [3.8, 4) is 67.4 Å². The molecule has 0 fully saturated rings. The number of aromatic nitrogens is 4. The summed E-state index contributed by atoms with van der Waals surface area (Å²) in [4.78, 5) is 22.1. The number of hydrogen-bond donors (Lipinski definition) is 0. The van der Waals surface area contributed by atoms with Gasteiger partial charge in [0.2, 0.25) is 0 Å². The van der Waals surface area contributed by atoms with Crippen molar-refractivity contribution in [2.45, 2.75) is 5.41 Å². The second-order valence-electron chi connectivity index (χ2n) is 12.6. The first-order valence-electron chi connectivity index (χ1n) is 16.6. The Morgan fingerprint density at radius 1 is 0.327 bits per heavy atom. The van der Waals surface area contributed by atoms with Crippen LogP contribution in [0.15, 0.2) is 170 Å². The maximum absolute atomic E-state index is 5.67. The lowest BCUT2D eigenvalue weighted by Gasteiger charge is -2.28. The van der Waals surface area contributed by atoms with E-state index in [0.717, 1.165) is 78.8 Å². The lowest BCUT2D eigenvalue weighted by Crippen LogP contribution is -2.28. The largest absolute Gasteiger partial charge is 0.255 e. The van der Waals surface area contributed by atoms with E-state index < -0.39 is 5.41 Å². The van der Waals surface area contributed by atoms with E-state index >= 15 is 0 Å². The second kappa shape index (κ2) is 10.8. The van der Waals surface area contributed by atoms with Crippen molar-refractivity contribution in [3.05, 3.63) is 193 Å². The lowest BCUT2D eigenvalue weighted by atomic mass is 9.75. The monoisotopic (exact) mass is 624 g/mol. The molecule has 6 aromatic carbocycles. The van der Waals surface area contributed by atoms with Gasteiger partial charge in [0.05, 0.1) is 34.7 Å². The minimum absolute atomic E-state index is 0.770. The van der Waals surface area contributed by atoms with Crippen LogP contribution in [0, 0.1) is 0 Å². The van der Waals surface area contributed by atoms with Gasteiger partial charge < -0.3 is 0 Å². The van der Waals surface area contributed by atoms with E-state index in [1.54, 1.807) is 0 Å². The van der Waals surface area contributed by atoms with Crippen LogP contribution >= 0.6 is 0 Å². The molecule has 0 radical (unpaired) electrons. The molecule has 2 aromatic heterocycles. The van der Waals surface area contributed by atoms with Crippen LogP contribution in [-0.4, -0.2) is 19.9 Å². The van der Waals surface area contributed by atoms with E-state index in [4.69, 9.17) is 19.9 Å². The molecule has 0 saturated heterocycles. The minimum atomic E-state index is -0.770. The van der Waals surface area contributed by atoms with Crippen LogP contribution in [0.4, 0.5) is 0 Å². The van der Waals surface area contributed by atoms with Crippen molar-refractivity contribution in [2.75, 3.05) is 0 Å². The maximum atomic E-state index is 5.67. The predicted octanol–water partition coefficient (Wildman–Crippen LogP) is 10.3. The third kappa shape index (κ3) is 3.98. The van der Waals surface area contributed by atoms with Gasteiger partial charge >= 0.3 is 0 Å². The van der Waals surface area contributed by atoms with E-state index in [1.807, 2.05) is 24.4 Å². The Hall–Kier alpha value is -6.52. The summed E-state index contributed by atoms with van der Waals surface area (Å²) >= 11 is 0. The zero-order chi connectivity index (χ0) is 32.4. The highest BCUT2D eigenvalue weighted by molar-refractivity contribution is 5.94. The Balaban J connectivity index is 1.32. The molecule has 0 unspecified atom stereocenters. The van der Waals surface area contributed by atoms with Crippen molar-refractivity contribution >= 4 is 0 Å². The van der Waals surface area contributed by atoms with Crippen molar-refractivity contribution < 1.29 is 0 Å². The summed E-state index contributed by atoms with van der Waals surface area (Å²) in [6.07, 6.45) is 1.94. The number of nitrogens with zero attached hydrogens (tertiary/aromatic N) is 4. The summed E-state index contributed by atoms with van der Waals surface area (Å²) in [7, 11) is 0. The molecule has 0 saturated carbocycles. The number of benzene rings is 6. The summed E-state index contributed by atoms with van der Waals surface area (Å²) < 4.78 is 0. The van der Waals surface area contributed by atoms with Crippen molar-refractivity contribution in [3.63, 3.8) is 0 Å². The minimum Gasteiger partial charge on any atom is -0.255 e. The molecular weight excluding hydrogens is 597 g/mol. The van der Waals surface area contributed by atoms with Gasteiger partial charge in [-0.2, -0.15) is 0 Å². The Kier molecular flexibility index (Phi) is 6.06. The number of fused-ring (bicyclic) bond motifs is 10. The topological polar surface area (TPSA) is 51.6 Å². The molecule has 49 heavy (non-hydrogen) atoms. The van der Waals surface area contributed by atoms with E-state index in [0.29, 0.717) is 0 Å². The fourth-order valence-corrected chi connectivity index (χ4v) is 7.85. The van der Waals surface area contributed by atoms with Gasteiger partial charge in [-0.1, -0.05) is 164 Å². The van der Waals surface area contributed by atoms with Gasteiger partial charge in [0.25, 0.3) is 0 Å². The lowest BCUT2D eigenvalue weighted by molar-refractivity contribution is 0.728. The van der Waals surface area contributed by atoms with Crippen LogP contribution in [-0.2, 0) is 5.41 Å².